The molecule has 1 unspecified atom stereocenters. The summed E-state index contributed by atoms with van der Waals surface area (Å²) in [6.07, 6.45) is 6.16. The van der Waals surface area contributed by atoms with Crippen LogP contribution in [-0.2, 0) is 4.74 Å². The van der Waals surface area contributed by atoms with Crippen LogP contribution < -0.4 is 5.32 Å². The topological polar surface area (TPSA) is 21.3 Å². The van der Waals surface area contributed by atoms with E-state index in [9.17, 15) is 0 Å². The first-order valence-corrected chi connectivity index (χ1v) is 6.54. The predicted octanol–water partition coefficient (Wildman–Crippen LogP) is 1.65. The zero-order valence-electron chi connectivity index (χ0n) is 8.13. The third kappa shape index (κ3) is 3.15. The minimum absolute atomic E-state index is 0.546. The molecule has 3 heteroatoms. The summed E-state index contributed by atoms with van der Waals surface area (Å²) in [5, 5.41) is 3.37. The molecule has 0 aromatic heterocycles. The van der Waals surface area contributed by atoms with Gasteiger partial charge in [-0.15, -0.1) is 0 Å². The fraction of sp³-hybridized carbons (Fsp3) is 1.00. The molecule has 0 saturated carbocycles. The van der Waals surface area contributed by atoms with Gasteiger partial charge in [0.05, 0.1) is 12.2 Å². The highest BCUT2D eigenvalue weighted by atomic mass is 32.2. The monoisotopic (exact) mass is 201 g/mol. The first kappa shape index (κ1) is 9.81. The van der Waals surface area contributed by atoms with Crippen molar-refractivity contribution in [3.8, 4) is 0 Å². The number of thioether (sulfide) groups is 1. The molecular weight excluding hydrogens is 182 g/mol. The van der Waals surface area contributed by atoms with E-state index in [0.29, 0.717) is 12.2 Å². The van der Waals surface area contributed by atoms with Crippen LogP contribution in [0.3, 0.4) is 0 Å². The van der Waals surface area contributed by atoms with Gasteiger partial charge < -0.3 is 10.1 Å². The average Bonchev–Trinajstić information content (AvgIpc) is 2.21. The standard InChI is InChI=1S/C10H19NOS/c1-2-10(8-13-7-1)12-9-3-5-11-6-4-9/h9-11H,1-8H2. The van der Waals surface area contributed by atoms with Crippen molar-refractivity contribution in [2.24, 2.45) is 0 Å². The van der Waals surface area contributed by atoms with Gasteiger partial charge in [0.2, 0.25) is 0 Å². The summed E-state index contributed by atoms with van der Waals surface area (Å²) in [5.41, 5.74) is 0. The van der Waals surface area contributed by atoms with Crippen molar-refractivity contribution in [2.45, 2.75) is 37.9 Å². The fourth-order valence-corrected chi connectivity index (χ4v) is 3.07. The van der Waals surface area contributed by atoms with Gasteiger partial charge in [0.1, 0.15) is 0 Å². The molecule has 13 heavy (non-hydrogen) atoms. The van der Waals surface area contributed by atoms with Crippen LogP contribution in [0, 0.1) is 0 Å². The molecule has 0 spiro atoms. The molecule has 1 N–H and O–H groups in total. The highest BCUT2D eigenvalue weighted by Crippen LogP contribution is 2.22. The largest absolute Gasteiger partial charge is 0.374 e. The van der Waals surface area contributed by atoms with Crippen molar-refractivity contribution >= 4 is 11.8 Å². The number of piperidine rings is 1. The lowest BCUT2D eigenvalue weighted by Gasteiger charge is -2.29. The normalized spacial score (nSPS) is 31.8. The Labute approximate surface area is 84.8 Å². The summed E-state index contributed by atoms with van der Waals surface area (Å²) in [4.78, 5) is 0. The maximum Gasteiger partial charge on any atom is 0.0669 e. The minimum Gasteiger partial charge on any atom is -0.374 e. The molecule has 0 aliphatic carbocycles. The summed E-state index contributed by atoms with van der Waals surface area (Å²) in [5.74, 6) is 2.57. The van der Waals surface area contributed by atoms with Gasteiger partial charge in [0.15, 0.2) is 0 Å². The van der Waals surface area contributed by atoms with Gasteiger partial charge in [-0.05, 0) is 44.5 Å². The SMILES string of the molecule is C1CSCC(OC2CCNCC2)C1. The van der Waals surface area contributed by atoms with Gasteiger partial charge in [-0.3, -0.25) is 0 Å². The Bertz CT molecular complexity index is 126. The summed E-state index contributed by atoms with van der Waals surface area (Å²) >= 11 is 2.05. The number of nitrogens with one attached hydrogen (secondary N) is 1. The molecule has 2 fully saturated rings. The molecule has 2 aliphatic rings. The molecule has 2 rings (SSSR count). The molecule has 1 atom stereocenters. The van der Waals surface area contributed by atoms with E-state index in [1.165, 1.54) is 37.2 Å². The lowest BCUT2D eigenvalue weighted by molar-refractivity contribution is -0.0196. The quantitative estimate of drug-likeness (QED) is 0.734. The number of rotatable bonds is 2. The lowest BCUT2D eigenvalue weighted by Crippen LogP contribution is -2.36. The number of ether oxygens (including phenoxy) is 1. The van der Waals surface area contributed by atoms with Gasteiger partial charge in [0.25, 0.3) is 0 Å². The number of hydrogen-bond donors (Lipinski definition) is 1. The minimum atomic E-state index is 0.546. The molecule has 0 bridgehead atoms. The molecule has 76 valence electrons. The third-order valence-corrected chi connectivity index (χ3v) is 3.97. The fourth-order valence-electron chi connectivity index (χ4n) is 2.02. The zero-order valence-corrected chi connectivity index (χ0v) is 8.94. The average molecular weight is 201 g/mol. The van der Waals surface area contributed by atoms with E-state index in [2.05, 4.69) is 17.1 Å². The Kier molecular flexibility index (Phi) is 3.94. The first-order chi connectivity index (χ1) is 6.45. The van der Waals surface area contributed by atoms with Crippen molar-refractivity contribution in [1.29, 1.82) is 0 Å². The second-order valence-corrected chi connectivity index (χ2v) is 5.07. The van der Waals surface area contributed by atoms with E-state index in [-0.39, 0.29) is 0 Å². The molecule has 2 nitrogen and oxygen atoms in total. The van der Waals surface area contributed by atoms with Crippen LogP contribution in [0.4, 0.5) is 0 Å². The third-order valence-electron chi connectivity index (χ3n) is 2.79. The van der Waals surface area contributed by atoms with Crippen LogP contribution in [0.1, 0.15) is 25.7 Å². The van der Waals surface area contributed by atoms with Crippen LogP contribution >= 0.6 is 11.8 Å². The number of hydrogen-bond acceptors (Lipinski definition) is 3. The zero-order chi connectivity index (χ0) is 8.93. The van der Waals surface area contributed by atoms with E-state index < -0.39 is 0 Å². The molecule has 0 aromatic rings. The van der Waals surface area contributed by atoms with E-state index in [1.807, 2.05) is 0 Å². The molecule has 0 radical (unpaired) electrons. The Balaban J connectivity index is 1.69. The summed E-state index contributed by atoms with van der Waals surface area (Å²) in [6, 6.07) is 0. The maximum absolute atomic E-state index is 6.07. The van der Waals surface area contributed by atoms with Gasteiger partial charge in [0, 0.05) is 5.75 Å². The Morgan fingerprint density at radius 1 is 1.08 bits per heavy atom. The van der Waals surface area contributed by atoms with Crippen LogP contribution in [0.25, 0.3) is 0 Å². The molecular formula is C10H19NOS. The van der Waals surface area contributed by atoms with Crippen molar-refractivity contribution in [3.05, 3.63) is 0 Å². The van der Waals surface area contributed by atoms with Crippen LogP contribution in [0.5, 0.6) is 0 Å². The van der Waals surface area contributed by atoms with Crippen molar-refractivity contribution in [3.63, 3.8) is 0 Å². The Morgan fingerprint density at radius 3 is 2.62 bits per heavy atom. The van der Waals surface area contributed by atoms with Gasteiger partial charge >= 0.3 is 0 Å². The molecule has 2 heterocycles. The molecule has 0 amide bonds. The second-order valence-electron chi connectivity index (χ2n) is 3.92. The Hall–Kier alpha value is 0.270. The van der Waals surface area contributed by atoms with Crippen molar-refractivity contribution < 1.29 is 4.74 Å². The van der Waals surface area contributed by atoms with Gasteiger partial charge in [-0.1, -0.05) is 0 Å². The maximum atomic E-state index is 6.07. The van der Waals surface area contributed by atoms with Crippen LogP contribution in [0.2, 0.25) is 0 Å². The van der Waals surface area contributed by atoms with E-state index >= 15 is 0 Å². The molecule has 2 aliphatic heterocycles. The summed E-state index contributed by atoms with van der Waals surface area (Å²) in [6.45, 7) is 2.29. The highest BCUT2D eigenvalue weighted by Gasteiger charge is 2.20. The van der Waals surface area contributed by atoms with Crippen LogP contribution in [0.15, 0.2) is 0 Å². The van der Waals surface area contributed by atoms with Gasteiger partial charge in [-0.25, -0.2) is 0 Å². The van der Waals surface area contributed by atoms with E-state index in [1.54, 1.807) is 0 Å². The van der Waals surface area contributed by atoms with E-state index in [4.69, 9.17) is 4.74 Å². The van der Waals surface area contributed by atoms with Crippen molar-refractivity contribution in [2.75, 3.05) is 24.6 Å². The lowest BCUT2D eigenvalue weighted by atomic mass is 10.1. The van der Waals surface area contributed by atoms with E-state index in [0.717, 1.165) is 13.1 Å². The molecule has 0 aromatic carbocycles. The van der Waals surface area contributed by atoms with Crippen molar-refractivity contribution in [1.82, 2.24) is 5.32 Å². The summed E-state index contributed by atoms with van der Waals surface area (Å²) in [7, 11) is 0. The van der Waals surface area contributed by atoms with Crippen LogP contribution in [-0.4, -0.2) is 36.8 Å². The smallest absolute Gasteiger partial charge is 0.0669 e. The van der Waals surface area contributed by atoms with Gasteiger partial charge in [-0.2, -0.15) is 11.8 Å². The summed E-state index contributed by atoms with van der Waals surface area (Å²) < 4.78 is 6.07. The Morgan fingerprint density at radius 2 is 1.92 bits per heavy atom. The predicted molar refractivity (Wildman–Crippen MR) is 57.3 cm³/mol. The second kappa shape index (κ2) is 5.23. The highest BCUT2D eigenvalue weighted by molar-refractivity contribution is 7.99. The first-order valence-electron chi connectivity index (χ1n) is 5.39. The molecule has 2 saturated heterocycles.